The Morgan fingerprint density at radius 3 is 3.31 bits per heavy atom. The van der Waals surface area contributed by atoms with Crippen molar-refractivity contribution in [3.05, 3.63) is 23.9 Å². The third kappa shape index (κ3) is 1.21. The van der Waals surface area contributed by atoms with E-state index in [9.17, 15) is 4.79 Å². The number of amides is 1. The molecule has 1 aromatic heterocycles. The van der Waals surface area contributed by atoms with Gasteiger partial charge in [0.1, 0.15) is 5.82 Å². The first-order valence-corrected chi connectivity index (χ1v) is 5.51. The maximum absolute atomic E-state index is 12.2. The molecule has 0 aliphatic carbocycles. The molecular weight excluding hydrogens is 204 g/mol. The highest BCUT2D eigenvalue weighted by molar-refractivity contribution is 6.00. The summed E-state index contributed by atoms with van der Waals surface area (Å²) in [6.45, 7) is 1.76. The van der Waals surface area contributed by atoms with Crippen LogP contribution in [0.25, 0.3) is 0 Å². The van der Waals surface area contributed by atoms with E-state index in [1.165, 1.54) is 0 Å². The number of fused-ring (bicyclic) bond motifs is 2. The van der Waals surface area contributed by atoms with Gasteiger partial charge in [0, 0.05) is 26.3 Å². The number of rotatable bonds is 0. The number of carbonyl (C=O) groups excluding carboxylic acids is 1. The molecule has 0 aromatic carbocycles. The quantitative estimate of drug-likeness (QED) is 0.678. The summed E-state index contributed by atoms with van der Waals surface area (Å²) in [6.07, 6.45) is 2.69. The van der Waals surface area contributed by atoms with Gasteiger partial charge in [0.15, 0.2) is 6.29 Å². The lowest BCUT2D eigenvalue weighted by atomic mass is 10.1. The van der Waals surface area contributed by atoms with Gasteiger partial charge >= 0.3 is 0 Å². The number of nitrogens with zero attached hydrogens (tertiary/aromatic N) is 3. The van der Waals surface area contributed by atoms with Crippen LogP contribution in [-0.2, 0) is 0 Å². The van der Waals surface area contributed by atoms with Gasteiger partial charge in [-0.25, -0.2) is 4.98 Å². The first-order chi connectivity index (χ1) is 7.79. The Balaban J connectivity index is 2.09. The fraction of sp³-hybridized carbons (Fsp3) is 0.455. The predicted octanol–water partition coefficient (Wildman–Crippen LogP) is 0.250. The molecule has 1 aromatic rings. The highest BCUT2D eigenvalue weighted by Gasteiger charge is 2.37. The van der Waals surface area contributed by atoms with E-state index in [0.29, 0.717) is 5.56 Å². The molecule has 0 bridgehead atoms. The van der Waals surface area contributed by atoms with Gasteiger partial charge in [0.05, 0.1) is 5.56 Å². The summed E-state index contributed by atoms with van der Waals surface area (Å²) in [6, 6.07) is 3.65. The maximum atomic E-state index is 12.2. The minimum absolute atomic E-state index is 0.0383. The molecule has 1 amide bonds. The molecule has 5 heteroatoms. The van der Waals surface area contributed by atoms with Crippen LogP contribution in [0.2, 0.25) is 0 Å². The third-order valence-electron chi connectivity index (χ3n) is 3.18. The second-order valence-corrected chi connectivity index (χ2v) is 4.17. The van der Waals surface area contributed by atoms with Crippen LogP contribution >= 0.6 is 0 Å². The zero-order valence-corrected chi connectivity index (χ0v) is 9.18. The Morgan fingerprint density at radius 2 is 2.44 bits per heavy atom. The highest BCUT2D eigenvalue weighted by atomic mass is 16.2. The van der Waals surface area contributed by atoms with E-state index in [-0.39, 0.29) is 12.2 Å². The van der Waals surface area contributed by atoms with Gasteiger partial charge in [-0.15, -0.1) is 0 Å². The molecule has 1 N–H and O–H groups in total. The number of aromatic nitrogens is 1. The van der Waals surface area contributed by atoms with Gasteiger partial charge in [0.25, 0.3) is 5.91 Å². The van der Waals surface area contributed by atoms with Gasteiger partial charge in [-0.1, -0.05) is 0 Å². The lowest BCUT2D eigenvalue weighted by Crippen LogP contribution is -2.64. The molecule has 0 saturated carbocycles. The summed E-state index contributed by atoms with van der Waals surface area (Å²) in [5.41, 5.74) is 0.699. The van der Waals surface area contributed by atoms with E-state index in [0.717, 1.165) is 25.3 Å². The monoisotopic (exact) mass is 218 g/mol. The van der Waals surface area contributed by atoms with Crippen molar-refractivity contribution < 1.29 is 4.79 Å². The van der Waals surface area contributed by atoms with Gasteiger partial charge < -0.3 is 9.80 Å². The molecule has 5 nitrogen and oxygen atoms in total. The number of nitrogens with one attached hydrogen (secondary N) is 1. The summed E-state index contributed by atoms with van der Waals surface area (Å²) in [7, 11) is 1.97. The average Bonchev–Trinajstić information content (AvgIpc) is 2.36. The molecule has 84 valence electrons. The Hall–Kier alpha value is -1.62. The third-order valence-corrected chi connectivity index (χ3v) is 3.18. The molecule has 2 aliphatic heterocycles. The summed E-state index contributed by atoms with van der Waals surface area (Å²) in [4.78, 5) is 20.4. The van der Waals surface area contributed by atoms with E-state index >= 15 is 0 Å². The highest BCUT2D eigenvalue weighted by Crippen LogP contribution is 2.27. The Bertz CT molecular complexity index is 434. The van der Waals surface area contributed by atoms with Crippen molar-refractivity contribution in [2.24, 2.45) is 0 Å². The van der Waals surface area contributed by atoms with Crippen molar-refractivity contribution in [2.75, 3.05) is 25.0 Å². The minimum atomic E-state index is -0.0383. The molecule has 0 spiro atoms. The Morgan fingerprint density at radius 1 is 1.56 bits per heavy atom. The SMILES string of the molecule is CN1c2ncccc2C(=O)N2CCCNC21. The fourth-order valence-electron chi connectivity index (χ4n) is 2.39. The largest absolute Gasteiger partial charge is 0.326 e. The topological polar surface area (TPSA) is 48.5 Å². The molecule has 16 heavy (non-hydrogen) atoms. The van der Waals surface area contributed by atoms with Crippen molar-refractivity contribution >= 4 is 11.7 Å². The molecule has 0 radical (unpaired) electrons. The van der Waals surface area contributed by atoms with Crippen LogP contribution in [0.1, 0.15) is 16.8 Å². The van der Waals surface area contributed by atoms with Crippen LogP contribution in [0.3, 0.4) is 0 Å². The molecule has 3 heterocycles. The summed E-state index contributed by atoms with van der Waals surface area (Å²) in [5.74, 6) is 0.849. The van der Waals surface area contributed by atoms with Crippen molar-refractivity contribution in [1.29, 1.82) is 0 Å². The first kappa shape index (κ1) is 9.59. The van der Waals surface area contributed by atoms with E-state index in [2.05, 4.69) is 10.3 Å². The van der Waals surface area contributed by atoms with Gasteiger partial charge in [-0.3, -0.25) is 10.1 Å². The maximum Gasteiger partial charge on any atom is 0.260 e. The van der Waals surface area contributed by atoms with Crippen molar-refractivity contribution in [3.8, 4) is 0 Å². The van der Waals surface area contributed by atoms with Crippen LogP contribution in [0.4, 0.5) is 5.82 Å². The van der Waals surface area contributed by atoms with E-state index in [4.69, 9.17) is 0 Å². The molecule has 2 aliphatic rings. The van der Waals surface area contributed by atoms with Gasteiger partial charge in [0.2, 0.25) is 0 Å². The number of anilines is 1. The standard InChI is InChI=1S/C11H14N4O/c1-14-9-8(4-2-5-12-9)10(16)15-7-3-6-13-11(14)15/h2,4-5,11,13H,3,6-7H2,1H3. The normalized spacial score (nSPS) is 24.1. The number of hydrogen-bond donors (Lipinski definition) is 1. The molecule has 1 saturated heterocycles. The van der Waals surface area contributed by atoms with Gasteiger partial charge in [-0.05, 0) is 18.6 Å². The number of pyridine rings is 1. The zero-order valence-electron chi connectivity index (χ0n) is 9.18. The average molecular weight is 218 g/mol. The van der Waals surface area contributed by atoms with Crippen molar-refractivity contribution in [1.82, 2.24) is 15.2 Å². The first-order valence-electron chi connectivity index (χ1n) is 5.51. The second kappa shape index (κ2) is 3.45. The molecular formula is C11H14N4O. The Kier molecular flexibility index (Phi) is 2.07. The summed E-state index contributed by atoms with van der Waals surface area (Å²) < 4.78 is 0. The lowest BCUT2D eigenvalue weighted by molar-refractivity contribution is 0.0553. The molecule has 1 unspecified atom stereocenters. The van der Waals surface area contributed by atoms with Gasteiger partial charge in [-0.2, -0.15) is 0 Å². The van der Waals surface area contributed by atoms with Crippen molar-refractivity contribution in [2.45, 2.75) is 12.7 Å². The van der Waals surface area contributed by atoms with Crippen LogP contribution in [0, 0.1) is 0 Å². The predicted molar refractivity (Wildman–Crippen MR) is 60.1 cm³/mol. The van der Waals surface area contributed by atoms with Crippen LogP contribution in [-0.4, -0.2) is 42.2 Å². The second-order valence-electron chi connectivity index (χ2n) is 4.17. The molecule has 1 fully saturated rings. The van der Waals surface area contributed by atoms with Crippen LogP contribution < -0.4 is 10.2 Å². The van der Waals surface area contributed by atoms with E-state index in [1.54, 1.807) is 6.20 Å². The molecule has 1 atom stereocenters. The Labute approximate surface area is 94.1 Å². The van der Waals surface area contributed by atoms with E-state index < -0.39 is 0 Å². The number of hydrogen-bond acceptors (Lipinski definition) is 4. The smallest absolute Gasteiger partial charge is 0.260 e. The summed E-state index contributed by atoms with van der Waals surface area (Å²) >= 11 is 0. The fourth-order valence-corrected chi connectivity index (χ4v) is 2.39. The summed E-state index contributed by atoms with van der Waals surface area (Å²) in [5, 5.41) is 3.33. The zero-order chi connectivity index (χ0) is 11.1. The van der Waals surface area contributed by atoms with Crippen LogP contribution in [0.5, 0.6) is 0 Å². The van der Waals surface area contributed by atoms with E-state index in [1.807, 2.05) is 29.0 Å². The lowest BCUT2D eigenvalue weighted by Gasteiger charge is -2.45. The number of carbonyl (C=O) groups is 1. The van der Waals surface area contributed by atoms with Crippen LogP contribution in [0.15, 0.2) is 18.3 Å². The minimum Gasteiger partial charge on any atom is -0.326 e. The van der Waals surface area contributed by atoms with Crippen molar-refractivity contribution in [3.63, 3.8) is 0 Å². The molecule has 3 rings (SSSR count).